The molecule has 0 radical (unpaired) electrons. The van der Waals surface area contributed by atoms with E-state index >= 15 is 0 Å². The van der Waals surface area contributed by atoms with Gasteiger partial charge in [0.15, 0.2) is 0 Å². The third kappa shape index (κ3) is 3.93. The highest BCUT2D eigenvalue weighted by Crippen LogP contribution is 2.10. The van der Waals surface area contributed by atoms with Gasteiger partial charge in [0.05, 0.1) is 0 Å². The summed E-state index contributed by atoms with van der Waals surface area (Å²) in [6.45, 7) is 4.63. The first kappa shape index (κ1) is 14.8. The van der Waals surface area contributed by atoms with Crippen LogP contribution in [0.5, 0.6) is 0 Å². The van der Waals surface area contributed by atoms with Gasteiger partial charge >= 0.3 is 0 Å². The van der Waals surface area contributed by atoms with E-state index in [1.54, 1.807) is 6.07 Å². The van der Waals surface area contributed by atoms with Gasteiger partial charge in [-0.1, -0.05) is 13.3 Å². The van der Waals surface area contributed by atoms with E-state index in [1.165, 1.54) is 18.7 Å². The van der Waals surface area contributed by atoms with Crippen LogP contribution in [0.25, 0.3) is 0 Å². The van der Waals surface area contributed by atoms with Crippen molar-refractivity contribution in [1.29, 1.82) is 0 Å². The molecule has 1 amide bonds. The zero-order valence-corrected chi connectivity index (χ0v) is 12.0. The van der Waals surface area contributed by atoms with Crippen molar-refractivity contribution in [2.45, 2.75) is 38.6 Å². The van der Waals surface area contributed by atoms with Crippen molar-refractivity contribution in [3.63, 3.8) is 0 Å². The minimum Gasteiger partial charge on any atom is -0.337 e. The first-order chi connectivity index (χ1) is 9.70. The SMILES string of the molecule is CCCCN(CC1CCCN1)C(=O)c1cc[nH]c(=O)c1. The second kappa shape index (κ2) is 7.24. The summed E-state index contributed by atoms with van der Waals surface area (Å²) in [7, 11) is 0. The van der Waals surface area contributed by atoms with Gasteiger partial charge in [0.1, 0.15) is 0 Å². The van der Waals surface area contributed by atoms with Crippen LogP contribution in [0.1, 0.15) is 43.0 Å². The second-order valence-electron chi connectivity index (χ2n) is 5.34. The highest BCUT2D eigenvalue weighted by Gasteiger charge is 2.22. The van der Waals surface area contributed by atoms with Crippen LogP contribution in [0.4, 0.5) is 0 Å². The van der Waals surface area contributed by atoms with Crippen molar-refractivity contribution in [3.8, 4) is 0 Å². The number of rotatable bonds is 6. The zero-order valence-electron chi connectivity index (χ0n) is 12.0. The summed E-state index contributed by atoms with van der Waals surface area (Å²) in [5, 5.41) is 3.42. The Kier molecular flexibility index (Phi) is 5.35. The lowest BCUT2D eigenvalue weighted by Gasteiger charge is -2.26. The minimum atomic E-state index is -0.231. The summed E-state index contributed by atoms with van der Waals surface area (Å²) in [6, 6.07) is 3.44. The summed E-state index contributed by atoms with van der Waals surface area (Å²) < 4.78 is 0. The normalized spacial score (nSPS) is 18.1. The molecule has 1 aliphatic heterocycles. The number of aromatic nitrogens is 1. The molecule has 1 aromatic heterocycles. The van der Waals surface area contributed by atoms with Gasteiger partial charge in [-0.05, 0) is 31.9 Å². The number of carbonyl (C=O) groups is 1. The van der Waals surface area contributed by atoms with E-state index < -0.39 is 0 Å². The van der Waals surface area contributed by atoms with Gasteiger partial charge in [-0.25, -0.2) is 0 Å². The van der Waals surface area contributed by atoms with Gasteiger partial charge < -0.3 is 15.2 Å². The number of carbonyl (C=O) groups excluding carboxylic acids is 1. The van der Waals surface area contributed by atoms with Crippen LogP contribution in [-0.4, -0.2) is 41.5 Å². The van der Waals surface area contributed by atoms with Crippen molar-refractivity contribution >= 4 is 5.91 Å². The van der Waals surface area contributed by atoms with Crippen LogP contribution in [0, 0.1) is 0 Å². The van der Waals surface area contributed by atoms with Crippen molar-refractivity contribution < 1.29 is 4.79 Å². The first-order valence-electron chi connectivity index (χ1n) is 7.42. The summed E-state index contributed by atoms with van der Waals surface area (Å²) >= 11 is 0. The number of amides is 1. The molecule has 0 aliphatic carbocycles. The van der Waals surface area contributed by atoms with Gasteiger partial charge in [-0.15, -0.1) is 0 Å². The minimum absolute atomic E-state index is 0.0433. The van der Waals surface area contributed by atoms with Gasteiger partial charge in [-0.3, -0.25) is 9.59 Å². The molecule has 20 heavy (non-hydrogen) atoms. The quantitative estimate of drug-likeness (QED) is 0.825. The van der Waals surface area contributed by atoms with E-state index in [1.807, 2.05) is 4.90 Å². The lowest BCUT2D eigenvalue weighted by Crippen LogP contribution is -2.41. The first-order valence-corrected chi connectivity index (χ1v) is 7.42. The van der Waals surface area contributed by atoms with E-state index in [4.69, 9.17) is 0 Å². The Hall–Kier alpha value is -1.62. The molecule has 1 unspecified atom stereocenters. The fraction of sp³-hybridized carbons (Fsp3) is 0.600. The van der Waals surface area contributed by atoms with Gasteiger partial charge in [-0.2, -0.15) is 0 Å². The van der Waals surface area contributed by atoms with Crippen molar-refractivity contribution in [2.75, 3.05) is 19.6 Å². The Balaban J connectivity index is 2.07. The standard InChI is InChI=1S/C15H23N3O2/c1-2-3-9-18(11-13-5-4-7-16-13)15(20)12-6-8-17-14(19)10-12/h6,8,10,13,16H,2-5,7,9,11H2,1H3,(H,17,19). The molecule has 1 saturated heterocycles. The van der Waals surface area contributed by atoms with E-state index in [-0.39, 0.29) is 11.5 Å². The largest absolute Gasteiger partial charge is 0.337 e. The molecule has 5 nitrogen and oxygen atoms in total. The number of hydrogen-bond donors (Lipinski definition) is 2. The topological polar surface area (TPSA) is 65.2 Å². The predicted octanol–water partition coefficient (Wildman–Crippen LogP) is 1.37. The van der Waals surface area contributed by atoms with Gasteiger partial charge in [0.2, 0.25) is 5.56 Å². The number of unbranched alkanes of at least 4 members (excludes halogenated alkanes) is 1. The average Bonchev–Trinajstić information content (AvgIpc) is 2.95. The Morgan fingerprint density at radius 1 is 1.50 bits per heavy atom. The molecule has 1 fully saturated rings. The van der Waals surface area contributed by atoms with Crippen LogP contribution in [0.3, 0.4) is 0 Å². The molecular formula is C15H23N3O2. The number of pyridine rings is 1. The Bertz CT molecular complexity index is 492. The van der Waals surface area contributed by atoms with E-state index in [0.29, 0.717) is 11.6 Å². The number of aromatic amines is 1. The number of nitrogens with one attached hydrogen (secondary N) is 2. The molecule has 2 heterocycles. The van der Waals surface area contributed by atoms with Crippen LogP contribution < -0.4 is 10.9 Å². The van der Waals surface area contributed by atoms with Gasteiger partial charge in [0.25, 0.3) is 5.91 Å². The molecule has 5 heteroatoms. The van der Waals surface area contributed by atoms with Crippen molar-refractivity contribution in [2.24, 2.45) is 0 Å². The summed E-state index contributed by atoms with van der Waals surface area (Å²) in [5.74, 6) is -0.0433. The molecule has 1 aromatic rings. The Labute approximate surface area is 119 Å². The third-order valence-electron chi connectivity index (χ3n) is 3.69. The molecule has 0 spiro atoms. The van der Waals surface area contributed by atoms with E-state index in [0.717, 1.165) is 38.9 Å². The van der Waals surface area contributed by atoms with Crippen LogP contribution in [0.2, 0.25) is 0 Å². The lowest BCUT2D eigenvalue weighted by molar-refractivity contribution is 0.0739. The second-order valence-corrected chi connectivity index (χ2v) is 5.34. The maximum Gasteiger partial charge on any atom is 0.254 e. The van der Waals surface area contributed by atoms with Crippen LogP contribution >= 0.6 is 0 Å². The maximum absolute atomic E-state index is 12.5. The fourth-order valence-electron chi connectivity index (χ4n) is 2.56. The highest BCUT2D eigenvalue weighted by atomic mass is 16.2. The Morgan fingerprint density at radius 2 is 2.35 bits per heavy atom. The number of H-pyrrole nitrogens is 1. The fourth-order valence-corrected chi connectivity index (χ4v) is 2.56. The third-order valence-corrected chi connectivity index (χ3v) is 3.69. The number of hydrogen-bond acceptors (Lipinski definition) is 3. The predicted molar refractivity (Wildman–Crippen MR) is 78.9 cm³/mol. The summed E-state index contributed by atoms with van der Waals surface area (Å²) in [4.78, 5) is 28.3. The molecule has 0 bridgehead atoms. The molecule has 0 aromatic carbocycles. The van der Waals surface area contributed by atoms with Crippen molar-refractivity contribution in [1.82, 2.24) is 15.2 Å². The highest BCUT2D eigenvalue weighted by molar-refractivity contribution is 5.94. The number of nitrogens with zero attached hydrogens (tertiary/aromatic N) is 1. The molecule has 1 atom stereocenters. The van der Waals surface area contributed by atoms with Crippen LogP contribution in [0.15, 0.2) is 23.1 Å². The monoisotopic (exact) mass is 277 g/mol. The smallest absolute Gasteiger partial charge is 0.254 e. The molecule has 110 valence electrons. The van der Waals surface area contributed by atoms with E-state index in [2.05, 4.69) is 17.2 Å². The lowest BCUT2D eigenvalue weighted by atomic mass is 10.1. The maximum atomic E-state index is 12.5. The zero-order chi connectivity index (χ0) is 14.4. The summed E-state index contributed by atoms with van der Waals surface area (Å²) in [5.41, 5.74) is 0.244. The average molecular weight is 277 g/mol. The van der Waals surface area contributed by atoms with Gasteiger partial charge in [0, 0.05) is 37.0 Å². The van der Waals surface area contributed by atoms with Crippen LogP contribution in [-0.2, 0) is 0 Å². The molecule has 2 rings (SSSR count). The van der Waals surface area contributed by atoms with E-state index in [9.17, 15) is 9.59 Å². The molecule has 2 N–H and O–H groups in total. The molecule has 0 saturated carbocycles. The molecule has 1 aliphatic rings. The Morgan fingerprint density at radius 3 is 3.00 bits per heavy atom. The molecular weight excluding hydrogens is 254 g/mol. The summed E-state index contributed by atoms with van der Waals surface area (Å²) in [6.07, 6.45) is 5.86. The van der Waals surface area contributed by atoms with Crippen molar-refractivity contribution in [3.05, 3.63) is 34.2 Å².